The van der Waals surface area contributed by atoms with Crippen molar-refractivity contribution in [1.29, 1.82) is 0 Å². The molecule has 2 fully saturated rings. The van der Waals surface area contributed by atoms with Gasteiger partial charge in [0.2, 0.25) is 5.91 Å². The first kappa shape index (κ1) is 17.9. The van der Waals surface area contributed by atoms with Crippen molar-refractivity contribution in [2.45, 2.75) is 32.0 Å². The maximum Gasteiger partial charge on any atom is 0.251 e. The average molecular weight is 346 g/mol. The lowest BCUT2D eigenvalue weighted by Crippen LogP contribution is -2.41. The van der Waals surface area contributed by atoms with Gasteiger partial charge in [-0.3, -0.25) is 9.59 Å². The van der Waals surface area contributed by atoms with Crippen LogP contribution in [0.1, 0.15) is 36.0 Å². The van der Waals surface area contributed by atoms with Crippen molar-refractivity contribution in [3.63, 3.8) is 0 Å². The second-order valence-corrected chi connectivity index (χ2v) is 6.55. The first-order valence-electron chi connectivity index (χ1n) is 9.08. The van der Waals surface area contributed by atoms with Crippen LogP contribution in [0.3, 0.4) is 0 Å². The number of hydrogen-bond donors (Lipinski definition) is 1. The predicted octanol–water partition coefficient (Wildman–Crippen LogP) is 1.81. The van der Waals surface area contributed by atoms with E-state index in [4.69, 9.17) is 9.47 Å². The van der Waals surface area contributed by atoms with Crippen LogP contribution in [0.2, 0.25) is 0 Å². The summed E-state index contributed by atoms with van der Waals surface area (Å²) in [5.74, 6) is 0.475. The second-order valence-electron chi connectivity index (χ2n) is 6.55. The Morgan fingerprint density at radius 3 is 2.44 bits per heavy atom. The zero-order valence-electron chi connectivity index (χ0n) is 14.5. The topological polar surface area (TPSA) is 67.9 Å². The maximum absolute atomic E-state index is 12.3. The van der Waals surface area contributed by atoms with Crippen molar-refractivity contribution in [2.24, 2.45) is 5.92 Å². The van der Waals surface area contributed by atoms with Crippen molar-refractivity contribution in [2.75, 3.05) is 32.8 Å². The maximum atomic E-state index is 12.3. The standard InChI is InChI=1S/C19H26N2O4/c22-17(7-4-10-20-18(23)15-5-2-1-3-6-15)21-11-8-16(9-12-21)19-24-13-14-25-19/h1-3,5-6,16,19H,4,7-14H2,(H,20,23). The van der Waals surface area contributed by atoms with Gasteiger partial charge in [-0.15, -0.1) is 0 Å². The van der Waals surface area contributed by atoms with Crippen LogP contribution in [0.4, 0.5) is 0 Å². The summed E-state index contributed by atoms with van der Waals surface area (Å²) in [6.45, 7) is 3.41. The molecule has 0 radical (unpaired) electrons. The highest BCUT2D eigenvalue weighted by molar-refractivity contribution is 5.94. The number of carbonyl (C=O) groups is 2. The molecule has 0 saturated carbocycles. The van der Waals surface area contributed by atoms with Crippen LogP contribution in [0, 0.1) is 5.92 Å². The summed E-state index contributed by atoms with van der Waals surface area (Å²) >= 11 is 0. The fourth-order valence-electron chi connectivity index (χ4n) is 3.36. The van der Waals surface area contributed by atoms with E-state index in [0.717, 1.165) is 25.9 Å². The summed E-state index contributed by atoms with van der Waals surface area (Å²) < 4.78 is 11.1. The number of amides is 2. The van der Waals surface area contributed by atoms with Gasteiger partial charge in [0.1, 0.15) is 0 Å². The minimum atomic E-state index is -0.0922. The summed E-state index contributed by atoms with van der Waals surface area (Å²) in [5.41, 5.74) is 0.646. The monoisotopic (exact) mass is 346 g/mol. The van der Waals surface area contributed by atoms with Gasteiger partial charge in [-0.05, 0) is 31.4 Å². The highest BCUT2D eigenvalue weighted by atomic mass is 16.7. The Labute approximate surface area is 148 Å². The fraction of sp³-hybridized carbons (Fsp3) is 0.579. The van der Waals surface area contributed by atoms with Crippen molar-refractivity contribution in [3.8, 4) is 0 Å². The Balaban J connectivity index is 1.31. The smallest absolute Gasteiger partial charge is 0.251 e. The van der Waals surface area contributed by atoms with Gasteiger partial charge in [-0.1, -0.05) is 18.2 Å². The lowest BCUT2D eigenvalue weighted by atomic mass is 9.96. The van der Waals surface area contributed by atoms with Gasteiger partial charge >= 0.3 is 0 Å². The molecule has 1 N–H and O–H groups in total. The average Bonchev–Trinajstić information content (AvgIpc) is 3.20. The van der Waals surface area contributed by atoms with E-state index >= 15 is 0 Å². The molecule has 0 aliphatic carbocycles. The third kappa shape index (κ3) is 5.03. The Hall–Kier alpha value is -1.92. The van der Waals surface area contributed by atoms with E-state index in [2.05, 4.69) is 5.32 Å². The van der Waals surface area contributed by atoms with Gasteiger partial charge < -0.3 is 19.7 Å². The summed E-state index contributed by atoms with van der Waals surface area (Å²) in [4.78, 5) is 26.1. The molecule has 25 heavy (non-hydrogen) atoms. The molecule has 0 atom stereocenters. The highest BCUT2D eigenvalue weighted by Gasteiger charge is 2.31. The number of piperidine rings is 1. The molecule has 2 amide bonds. The van der Waals surface area contributed by atoms with E-state index in [-0.39, 0.29) is 18.1 Å². The fourth-order valence-corrected chi connectivity index (χ4v) is 3.36. The van der Waals surface area contributed by atoms with Crippen LogP contribution < -0.4 is 5.32 Å². The van der Waals surface area contributed by atoms with Gasteiger partial charge in [-0.2, -0.15) is 0 Å². The molecular formula is C19H26N2O4. The molecule has 1 aromatic carbocycles. The van der Waals surface area contributed by atoms with Crippen LogP contribution >= 0.6 is 0 Å². The zero-order chi connectivity index (χ0) is 17.5. The Bertz CT molecular complexity index is 564. The summed E-state index contributed by atoms with van der Waals surface area (Å²) in [5, 5.41) is 2.86. The third-order valence-corrected chi connectivity index (χ3v) is 4.81. The normalized spacial score (nSPS) is 19.1. The number of carbonyl (C=O) groups excluding carboxylic acids is 2. The number of nitrogens with zero attached hydrogens (tertiary/aromatic N) is 1. The van der Waals surface area contributed by atoms with Crippen LogP contribution in [0.5, 0.6) is 0 Å². The largest absolute Gasteiger partial charge is 0.352 e. The van der Waals surface area contributed by atoms with Crippen LogP contribution in [-0.4, -0.2) is 55.9 Å². The molecule has 2 aliphatic heterocycles. The van der Waals surface area contributed by atoms with E-state index < -0.39 is 0 Å². The number of ether oxygens (including phenoxy) is 2. The molecule has 2 aliphatic rings. The Kier molecular flexibility index (Phi) is 6.42. The van der Waals surface area contributed by atoms with Gasteiger partial charge in [-0.25, -0.2) is 0 Å². The lowest BCUT2D eigenvalue weighted by Gasteiger charge is -2.34. The van der Waals surface area contributed by atoms with E-state index in [0.29, 0.717) is 44.1 Å². The van der Waals surface area contributed by atoms with Gasteiger partial charge in [0.05, 0.1) is 13.2 Å². The SMILES string of the molecule is O=C(NCCCC(=O)N1CCC(C2OCCO2)CC1)c1ccccc1. The molecule has 2 heterocycles. The quantitative estimate of drug-likeness (QED) is 0.798. The van der Waals surface area contributed by atoms with Crippen LogP contribution in [0.25, 0.3) is 0 Å². The third-order valence-electron chi connectivity index (χ3n) is 4.81. The van der Waals surface area contributed by atoms with Crippen molar-refractivity contribution in [1.82, 2.24) is 10.2 Å². The van der Waals surface area contributed by atoms with E-state index in [1.54, 1.807) is 12.1 Å². The first-order chi connectivity index (χ1) is 12.2. The van der Waals surface area contributed by atoms with Gasteiger partial charge in [0.15, 0.2) is 6.29 Å². The molecular weight excluding hydrogens is 320 g/mol. The molecule has 0 unspecified atom stereocenters. The highest BCUT2D eigenvalue weighted by Crippen LogP contribution is 2.26. The summed E-state index contributed by atoms with van der Waals surface area (Å²) in [6, 6.07) is 9.11. The number of benzene rings is 1. The molecule has 136 valence electrons. The Morgan fingerprint density at radius 2 is 1.76 bits per heavy atom. The van der Waals surface area contributed by atoms with Crippen LogP contribution in [-0.2, 0) is 14.3 Å². The van der Waals surface area contributed by atoms with Gasteiger partial charge in [0, 0.05) is 37.5 Å². The van der Waals surface area contributed by atoms with Crippen molar-refractivity contribution < 1.29 is 19.1 Å². The number of nitrogens with one attached hydrogen (secondary N) is 1. The molecule has 1 aromatic rings. The van der Waals surface area contributed by atoms with Gasteiger partial charge in [0.25, 0.3) is 5.91 Å². The van der Waals surface area contributed by atoms with Crippen LogP contribution in [0.15, 0.2) is 30.3 Å². The summed E-state index contributed by atoms with van der Waals surface area (Å²) in [7, 11) is 0. The minimum Gasteiger partial charge on any atom is -0.352 e. The van der Waals surface area contributed by atoms with E-state index in [1.807, 2.05) is 23.1 Å². The number of rotatable bonds is 6. The Morgan fingerprint density at radius 1 is 1.08 bits per heavy atom. The van der Waals surface area contributed by atoms with E-state index in [9.17, 15) is 9.59 Å². The van der Waals surface area contributed by atoms with Crippen molar-refractivity contribution in [3.05, 3.63) is 35.9 Å². The summed E-state index contributed by atoms with van der Waals surface area (Å²) in [6.07, 6.45) is 2.91. The molecule has 0 bridgehead atoms. The number of hydrogen-bond acceptors (Lipinski definition) is 4. The lowest BCUT2D eigenvalue weighted by molar-refractivity contribution is -0.136. The predicted molar refractivity (Wildman–Crippen MR) is 93.0 cm³/mol. The molecule has 2 saturated heterocycles. The zero-order valence-corrected chi connectivity index (χ0v) is 14.5. The number of likely N-dealkylation sites (tertiary alicyclic amines) is 1. The van der Waals surface area contributed by atoms with E-state index in [1.165, 1.54) is 0 Å². The molecule has 3 rings (SSSR count). The second kappa shape index (κ2) is 8.97. The molecule has 0 spiro atoms. The molecule has 6 nitrogen and oxygen atoms in total. The molecule has 6 heteroatoms. The first-order valence-corrected chi connectivity index (χ1v) is 9.08. The molecule has 0 aromatic heterocycles. The minimum absolute atomic E-state index is 0.0783. The van der Waals surface area contributed by atoms with Crippen molar-refractivity contribution >= 4 is 11.8 Å².